The largest absolute Gasteiger partial charge is 0.461 e. The van der Waals surface area contributed by atoms with E-state index in [-0.39, 0.29) is 17.9 Å². The molecule has 1 aliphatic heterocycles. The molecule has 0 saturated carbocycles. The molecule has 0 radical (unpaired) electrons. The van der Waals surface area contributed by atoms with E-state index >= 15 is 0 Å². The highest BCUT2D eigenvalue weighted by molar-refractivity contribution is 5.84. The first-order valence-corrected chi connectivity index (χ1v) is 7.37. The Morgan fingerprint density at radius 3 is 2.24 bits per heavy atom. The number of rotatable bonds is 2. The highest BCUT2D eigenvalue weighted by Crippen LogP contribution is 2.41. The Morgan fingerprint density at radius 2 is 1.86 bits per heavy atom. The van der Waals surface area contributed by atoms with Crippen LogP contribution in [0, 0.1) is 10.8 Å². The lowest BCUT2D eigenvalue weighted by Gasteiger charge is -2.43. The van der Waals surface area contributed by atoms with Crippen LogP contribution in [-0.2, 0) is 19.1 Å². The molecule has 5 nitrogen and oxygen atoms in total. The maximum atomic E-state index is 12.3. The fourth-order valence-electron chi connectivity index (χ4n) is 2.31. The van der Waals surface area contributed by atoms with Crippen LogP contribution in [0.5, 0.6) is 0 Å². The molecule has 3 atom stereocenters. The summed E-state index contributed by atoms with van der Waals surface area (Å²) in [6, 6.07) is 0. The minimum absolute atomic E-state index is 0.179. The average molecular weight is 300 g/mol. The predicted molar refractivity (Wildman–Crippen MR) is 78.5 cm³/mol. The minimum Gasteiger partial charge on any atom is -0.461 e. The van der Waals surface area contributed by atoms with Gasteiger partial charge in [-0.2, -0.15) is 0 Å². The number of carbonyl (C=O) groups excluding carboxylic acids is 2. The zero-order chi connectivity index (χ0) is 16.6. The Bertz CT molecular complexity index is 415. The minimum atomic E-state index is -1.25. The first-order chi connectivity index (χ1) is 9.25. The lowest BCUT2D eigenvalue weighted by Crippen LogP contribution is -2.53. The Hall–Kier alpha value is -1.10. The molecule has 0 amide bonds. The lowest BCUT2D eigenvalue weighted by molar-refractivity contribution is -0.197. The van der Waals surface area contributed by atoms with Crippen molar-refractivity contribution in [2.75, 3.05) is 0 Å². The van der Waals surface area contributed by atoms with E-state index in [0.717, 1.165) is 0 Å². The maximum absolute atomic E-state index is 12.3. The Kier molecular flexibility index (Phi) is 4.78. The number of esters is 2. The van der Waals surface area contributed by atoms with E-state index < -0.39 is 29.1 Å². The molecule has 1 aliphatic rings. The number of carbonyl (C=O) groups is 2. The van der Waals surface area contributed by atoms with Gasteiger partial charge in [-0.15, -0.1) is 0 Å². The summed E-state index contributed by atoms with van der Waals surface area (Å²) >= 11 is 0. The molecule has 1 fully saturated rings. The molecule has 122 valence electrons. The number of hydrogen-bond acceptors (Lipinski definition) is 5. The topological polar surface area (TPSA) is 72.8 Å². The van der Waals surface area contributed by atoms with Gasteiger partial charge in [-0.05, 0) is 33.1 Å². The Balaban J connectivity index is 2.83. The van der Waals surface area contributed by atoms with Crippen LogP contribution in [0.2, 0.25) is 0 Å². The molecule has 1 saturated heterocycles. The van der Waals surface area contributed by atoms with E-state index in [2.05, 4.69) is 0 Å². The van der Waals surface area contributed by atoms with E-state index in [0.29, 0.717) is 6.42 Å². The van der Waals surface area contributed by atoms with E-state index in [1.807, 2.05) is 20.8 Å². The summed E-state index contributed by atoms with van der Waals surface area (Å²) in [6.45, 7) is 12.7. The van der Waals surface area contributed by atoms with E-state index in [1.165, 1.54) is 0 Å². The monoisotopic (exact) mass is 300 g/mol. The standard InChI is InChI=1S/C16H28O5/c1-14(2,3)11-8-10(17)16(7,13(19)20-11)9-12(18)21-15(4,5)6/h10-11,17H,8-9H2,1-7H3/t10-,11+,16+/m1/s1. The van der Waals surface area contributed by atoms with E-state index in [1.54, 1.807) is 27.7 Å². The number of cyclic esters (lactones) is 1. The molecule has 5 heteroatoms. The van der Waals surface area contributed by atoms with Crippen molar-refractivity contribution in [3.8, 4) is 0 Å². The molecule has 21 heavy (non-hydrogen) atoms. The normalized spacial score (nSPS) is 30.8. The Labute approximate surface area is 127 Å². The van der Waals surface area contributed by atoms with Crippen molar-refractivity contribution in [1.82, 2.24) is 0 Å². The number of aliphatic hydroxyl groups is 1. The van der Waals surface area contributed by atoms with Gasteiger partial charge in [0.25, 0.3) is 0 Å². The van der Waals surface area contributed by atoms with Crippen molar-refractivity contribution >= 4 is 11.9 Å². The van der Waals surface area contributed by atoms with Gasteiger partial charge in [0.15, 0.2) is 0 Å². The summed E-state index contributed by atoms with van der Waals surface area (Å²) in [5.74, 6) is -1.04. The number of hydrogen-bond donors (Lipinski definition) is 1. The number of aliphatic hydroxyl groups excluding tert-OH is 1. The molecule has 0 unspecified atom stereocenters. The Morgan fingerprint density at radius 1 is 1.33 bits per heavy atom. The molecule has 0 bridgehead atoms. The van der Waals surface area contributed by atoms with Gasteiger partial charge >= 0.3 is 11.9 Å². The smallest absolute Gasteiger partial charge is 0.315 e. The summed E-state index contributed by atoms with van der Waals surface area (Å²) in [5, 5.41) is 10.4. The van der Waals surface area contributed by atoms with Crippen LogP contribution in [0.25, 0.3) is 0 Å². The van der Waals surface area contributed by atoms with Crippen LogP contribution in [0.4, 0.5) is 0 Å². The lowest BCUT2D eigenvalue weighted by atomic mass is 9.73. The fraction of sp³-hybridized carbons (Fsp3) is 0.875. The van der Waals surface area contributed by atoms with Crippen molar-refractivity contribution in [2.24, 2.45) is 10.8 Å². The van der Waals surface area contributed by atoms with Gasteiger partial charge in [0.2, 0.25) is 0 Å². The summed E-state index contributed by atoms with van der Waals surface area (Å²) in [7, 11) is 0. The maximum Gasteiger partial charge on any atom is 0.315 e. The summed E-state index contributed by atoms with van der Waals surface area (Å²) in [4.78, 5) is 24.3. The molecule has 0 aromatic heterocycles. The first kappa shape index (κ1) is 18.0. The second kappa shape index (κ2) is 5.59. The summed E-state index contributed by atoms with van der Waals surface area (Å²) in [6.07, 6.45) is -1.13. The average Bonchev–Trinajstić information content (AvgIpc) is 2.21. The predicted octanol–water partition coefficient (Wildman–Crippen LogP) is 2.45. The van der Waals surface area contributed by atoms with Crippen molar-refractivity contribution in [3.05, 3.63) is 0 Å². The molecule has 1 N–H and O–H groups in total. The molecular formula is C16H28O5. The third-order valence-corrected chi connectivity index (χ3v) is 3.79. The molecule has 0 aromatic carbocycles. The molecule has 1 rings (SSSR count). The number of ether oxygens (including phenoxy) is 2. The molecule has 1 heterocycles. The fourth-order valence-corrected chi connectivity index (χ4v) is 2.31. The van der Waals surface area contributed by atoms with Gasteiger partial charge in [0, 0.05) is 6.42 Å². The highest BCUT2D eigenvalue weighted by Gasteiger charge is 2.51. The third kappa shape index (κ3) is 4.43. The second-order valence-corrected chi connectivity index (χ2v) is 8.19. The molecule has 0 aliphatic carbocycles. The zero-order valence-corrected chi connectivity index (χ0v) is 14.1. The SMILES string of the molecule is CC(C)(C)OC(=O)C[C@]1(C)C(=O)O[C@H](C(C)(C)C)C[C@H]1O. The van der Waals surface area contributed by atoms with Crippen LogP contribution < -0.4 is 0 Å². The quantitative estimate of drug-likeness (QED) is 0.793. The zero-order valence-electron chi connectivity index (χ0n) is 14.1. The van der Waals surface area contributed by atoms with Crippen LogP contribution in [-0.4, -0.2) is 34.9 Å². The highest BCUT2D eigenvalue weighted by atomic mass is 16.6. The van der Waals surface area contributed by atoms with Crippen LogP contribution >= 0.6 is 0 Å². The van der Waals surface area contributed by atoms with Crippen molar-refractivity contribution in [3.63, 3.8) is 0 Å². The van der Waals surface area contributed by atoms with Gasteiger partial charge < -0.3 is 14.6 Å². The van der Waals surface area contributed by atoms with Gasteiger partial charge in [0.1, 0.15) is 17.1 Å². The van der Waals surface area contributed by atoms with E-state index in [4.69, 9.17) is 9.47 Å². The summed E-state index contributed by atoms with van der Waals surface area (Å²) in [5.41, 5.74) is -2.11. The van der Waals surface area contributed by atoms with Gasteiger partial charge in [-0.25, -0.2) is 0 Å². The van der Waals surface area contributed by atoms with Crippen molar-refractivity contribution in [1.29, 1.82) is 0 Å². The van der Waals surface area contributed by atoms with Gasteiger partial charge in [-0.3, -0.25) is 9.59 Å². The first-order valence-electron chi connectivity index (χ1n) is 7.37. The van der Waals surface area contributed by atoms with Gasteiger partial charge in [0.05, 0.1) is 12.5 Å². The summed E-state index contributed by atoms with van der Waals surface area (Å²) < 4.78 is 10.7. The van der Waals surface area contributed by atoms with E-state index in [9.17, 15) is 14.7 Å². The van der Waals surface area contributed by atoms with Crippen molar-refractivity contribution in [2.45, 2.75) is 79.1 Å². The molecular weight excluding hydrogens is 272 g/mol. The van der Waals surface area contributed by atoms with Crippen molar-refractivity contribution < 1.29 is 24.2 Å². The van der Waals surface area contributed by atoms with Gasteiger partial charge in [-0.1, -0.05) is 20.8 Å². The second-order valence-electron chi connectivity index (χ2n) is 8.19. The molecule has 0 spiro atoms. The van der Waals surface area contributed by atoms with Crippen LogP contribution in [0.3, 0.4) is 0 Å². The van der Waals surface area contributed by atoms with Crippen LogP contribution in [0.15, 0.2) is 0 Å². The van der Waals surface area contributed by atoms with Crippen LogP contribution in [0.1, 0.15) is 61.3 Å². The third-order valence-electron chi connectivity index (χ3n) is 3.79. The molecule has 0 aromatic rings.